The SMILES string of the molecule is CN1CCCCC1COc1ccnc2[nH]c3cnc(C#N)cc3c12. The van der Waals surface area contributed by atoms with Gasteiger partial charge in [0.1, 0.15) is 29.8 Å². The summed E-state index contributed by atoms with van der Waals surface area (Å²) in [5.41, 5.74) is 2.02. The zero-order chi connectivity index (χ0) is 16.5. The molecule has 24 heavy (non-hydrogen) atoms. The molecule has 0 aromatic carbocycles. The lowest BCUT2D eigenvalue weighted by atomic mass is 10.0. The van der Waals surface area contributed by atoms with Gasteiger partial charge in [0.05, 0.1) is 17.1 Å². The van der Waals surface area contributed by atoms with Crippen molar-refractivity contribution in [2.45, 2.75) is 25.3 Å². The number of aromatic amines is 1. The van der Waals surface area contributed by atoms with Crippen molar-refractivity contribution >= 4 is 21.9 Å². The monoisotopic (exact) mass is 321 g/mol. The number of likely N-dealkylation sites (tertiary alicyclic amines) is 1. The molecule has 3 aromatic rings. The van der Waals surface area contributed by atoms with Crippen molar-refractivity contribution in [2.24, 2.45) is 0 Å². The fourth-order valence-corrected chi connectivity index (χ4v) is 3.41. The molecule has 1 saturated heterocycles. The molecule has 1 aliphatic rings. The summed E-state index contributed by atoms with van der Waals surface area (Å²) >= 11 is 0. The summed E-state index contributed by atoms with van der Waals surface area (Å²) in [5.74, 6) is 0.806. The van der Waals surface area contributed by atoms with Crippen molar-refractivity contribution in [1.29, 1.82) is 5.26 Å². The van der Waals surface area contributed by atoms with Gasteiger partial charge in [0.25, 0.3) is 0 Å². The highest BCUT2D eigenvalue weighted by Gasteiger charge is 2.20. The Hall–Kier alpha value is -2.65. The minimum Gasteiger partial charge on any atom is -0.491 e. The van der Waals surface area contributed by atoms with E-state index in [-0.39, 0.29) is 0 Å². The molecular formula is C18H19N5O. The molecule has 3 aromatic heterocycles. The Bertz CT molecular complexity index is 926. The van der Waals surface area contributed by atoms with E-state index in [1.54, 1.807) is 18.5 Å². The second-order valence-corrected chi connectivity index (χ2v) is 6.33. The van der Waals surface area contributed by atoms with Crippen LogP contribution in [0.2, 0.25) is 0 Å². The molecule has 0 bridgehead atoms. The molecule has 4 heterocycles. The molecule has 0 amide bonds. The quantitative estimate of drug-likeness (QED) is 0.802. The van der Waals surface area contributed by atoms with E-state index in [1.807, 2.05) is 6.07 Å². The number of piperidine rings is 1. The molecule has 1 aliphatic heterocycles. The number of hydrogen-bond donors (Lipinski definition) is 1. The van der Waals surface area contributed by atoms with Gasteiger partial charge in [-0.2, -0.15) is 5.26 Å². The molecule has 1 N–H and O–H groups in total. The molecule has 1 unspecified atom stereocenters. The molecule has 0 saturated carbocycles. The van der Waals surface area contributed by atoms with Crippen LogP contribution < -0.4 is 4.74 Å². The lowest BCUT2D eigenvalue weighted by Crippen LogP contribution is -2.40. The lowest BCUT2D eigenvalue weighted by Gasteiger charge is -2.32. The number of likely N-dealkylation sites (N-methyl/N-ethyl adjacent to an activating group) is 1. The molecule has 122 valence electrons. The summed E-state index contributed by atoms with van der Waals surface area (Å²) in [7, 11) is 2.16. The zero-order valence-corrected chi connectivity index (χ0v) is 13.6. The number of aromatic nitrogens is 3. The van der Waals surface area contributed by atoms with Gasteiger partial charge in [0.2, 0.25) is 0 Å². The van der Waals surface area contributed by atoms with Gasteiger partial charge in [-0.15, -0.1) is 0 Å². The van der Waals surface area contributed by atoms with Crippen LogP contribution in [0, 0.1) is 11.3 Å². The van der Waals surface area contributed by atoms with Gasteiger partial charge in [0, 0.05) is 17.6 Å². The maximum Gasteiger partial charge on any atom is 0.142 e. The number of H-pyrrole nitrogens is 1. The van der Waals surface area contributed by atoms with Gasteiger partial charge < -0.3 is 14.6 Å². The van der Waals surface area contributed by atoms with Gasteiger partial charge in [0.15, 0.2) is 0 Å². The van der Waals surface area contributed by atoms with E-state index in [2.05, 4.69) is 33.0 Å². The number of rotatable bonds is 3. The van der Waals surface area contributed by atoms with Crippen LogP contribution in [-0.4, -0.2) is 46.1 Å². The van der Waals surface area contributed by atoms with E-state index >= 15 is 0 Å². The average molecular weight is 321 g/mol. The first-order valence-corrected chi connectivity index (χ1v) is 8.26. The largest absolute Gasteiger partial charge is 0.491 e. The van der Waals surface area contributed by atoms with Gasteiger partial charge in [-0.05, 0) is 38.6 Å². The van der Waals surface area contributed by atoms with Crippen LogP contribution >= 0.6 is 0 Å². The average Bonchev–Trinajstić information content (AvgIpc) is 2.99. The molecular weight excluding hydrogens is 302 g/mol. The third-order valence-electron chi connectivity index (χ3n) is 4.81. The number of nitrogens with one attached hydrogen (secondary N) is 1. The maximum atomic E-state index is 9.10. The Labute approximate surface area is 140 Å². The van der Waals surface area contributed by atoms with Crippen LogP contribution in [0.4, 0.5) is 0 Å². The van der Waals surface area contributed by atoms with Crippen LogP contribution in [0.5, 0.6) is 5.75 Å². The molecule has 1 fully saturated rings. The molecule has 0 radical (unpaired) electrons. The van der Waals surface area contributed by atoms with Crippen LogP contribution in [0.15, 0.2) is 24.5 Å². The fraction of sp³-hybridized carbons (Fsp3) is 0.389. The second kappa shape index (κ2) is 6.10. The number of nitrogens with zero attached hydrogens (tertiary/aromatic N) is 4. The highest BCUT2D eigenvalue weighted by Crippen LogP contribution is 2.32. The van der Waals surface area contributed by atoms with Crippen molar-refractivity contribution in [3.05, 3.63) is 30.2 Å². The van der Waals surface area contributed by atoms with Crippen molar-refractivity contribution in [2.75, 3.05) is 20.2 Å². The van der Waals surface area contributed by atoms with E-state index in [4.69, 9.17) is 10.00 Å². The van der Waals surface area contributed by atoms with Crippen LogP contribution in [0.1, 0.15) is 25.0 Å². The minimum absolute atomic E-state index is 0.394. The maximum absolute atomic E-state index is 9.10. The first kappa shape index (κ1) is 14.9. The van der Waals surface area contributed by atoms with Crippen molar-refractivity contribution in [3.63, 3.8) is 0 Å². The summed E-state index contributed by atoms with van der Waals surface area (Å²) in [4.78, 5) is 14.1. The predicted octanol–water partition coefficient (Wildman–Crippen LogP) is 2.85. The van der Waals surface area contributed by atoms with Crippen LogP contribution in [0.25, 0.3) is 21.9 Å². The lowest BCUT2D eigenvalue weighted by molar-refractivity contribution is 0.126. The topological polar surface area (TPSA) is 77.8 Å². The molecule has 6 nitrogen and oxygen atoms in total. The van der Waals surface area contributed by atoms with Gasteiger partial charge in [-0.25, -0.2) is 9.97 Å². The first-order valence-electron chi connectivity index (χ1n) is 8.26. The third kappa shape index (κ3) is 2.57. The van der Waals surface area contributed by atoms with E-state index in [0.717, 1.165) is 34.2 Å². The molecule has 1 atom stereocenters. The number of fused-ring (bicyclic) bond motifs is 3. The summed E-state index contributed by atoms with van der Waals surface area (Å²) in [6.45, 7) is 1.79. The van der Waals surface area contributed by atoms with Gasteiger partial charge in [-0.3, -0.25) is 0 Å². The second-order valence-electron chi connectivity index (χ2n) is 6.33. The molecule has 0 aliphatic carbocycles. The summed E-state index contributed by atoms with van der Waals surface area (Å²) in [6, 6.07) is 6.22. The van der Waals surface area contributed by atoms with Gasteiger partial charge >= 0.3 is 0 Å². The Morgan fingerprint density at radius 3 is 3.17 bits per heavy atom. The number of hydrogen-bond acceptors (Lipinski definition) is 5. The zero-order valence-electron chi connectivity index (χ0n) is 13.6. The highest BCUT2D eigenvalue weighted by molar-refractivity contribution is 6.09. The van der Waals surface area contributed by atoms with Gasteiger partial charge in [-0.1, -0.05) is 6.42 Å². The third-order valence-corrected chi connectivity index (χ3v) is 4.81. The Balaban J connectivity index is 1.71. The smallest absolute Gasteiger partial charge is 0.142 e. The number of ether oxygens (including phenoxy) is 1. The van der Waals surface area contributed by atoms with E-state index < -0.39 is 0 Å². The van der Waals surface area contributed by atoms with Crippen molar-refractivity contribution in [1.82, 2.24) is 19.9 Å². The molecule has 0 spiro atoms. The number of pyridine rings is 2. The van der Waals surface area contributed by atoms with E-state index in [9.17, 15) is 0 Å². The van der Waals surface area contributed by atoms with Crippen LogP contribution in [-0.2, 0) is 0 Å². The Kier molecular flexibility index (Phi) is 3.79. The fourth-order valence-electron chi connectivity index (χ4n) is 3.41. The first-order chi connectivity index (χ1) is 11.8. The summed E-state index contributed by atoms with van der Waals surface area (Å²) in [5, 5.41) is 11.0. The molecule has 6 heteroatoms. The Morgan fingerprint density at radius 1 is 1.42 bits per heavy atom. The molecule has 4 rings (SSSR count). The van der Waals surface area contributed by atoms with Crippen molar-refractivity contribution < 1.29 is 4.74 Å². The summed E-state index contributed by atoms with van der Waals surface area (Å²) < 4.78 is 6.16. The van der Waals surface area contributed by atoms with E-state index in [1.165, 1.54) is 19.3 Å². The minimum atomic E-state index is 0.394. The predicted molar refractivity (Wildman–Crippen MR) is 91.9 cm³/mol. The van der Waals surface area contributed by atoms with Crippen LogP contribution in [0.3, 0.4) is 0 Å². The standard InChI is InChI=1S/C18H19N5O/c1-23-7-3-2-4-13(23)11-24-16-5-6-20-18-17(16)14-8-12(9-19)21-10-15(14)22-18/h5-6,8,10,13H,2-4,7,11H2,1H3,(H,20,22). The summed E-state index contributed by atoms with van der Waals surface area (Å²) in [6.07, 6.45) is 7.11. The highest BCUT2D eigenvalue weighted by atomic mass is 16.5. The number of nitriles is 1. The van der Waals surface area contributed by atoms with E-state index in [0.29, 0.717) is 18.3 Å². The Morgan fingerprint density at radius 2 is 2.33 bits per heavy atom. The van der Waals surface area contributed by atoms with Crippen molar-refractivity contribution in [3.8, 4) is 11.8 Å². The normalized spacial score (nSPS) is 18.8.